The molecule has 1 aromatic carbocycles. The molecule has 4 rings (SSSR count). The van der Waals surface area contributed by atoms with Gasteiger partial charge in [-0.3, -0.25) is 9.48 Å². The SMILES string of the molecule is CC1CN(c2nc3ccc(Cl)cc3s2)CCN1C(=O)c1cnn(C)c1. The first-order valence-corrected chi connectivity index (χ1v) is 9.31. The van der Waals surface area contributed by atoms with E-state index < -0.39 is 0 Å². The van der Waals surface area contributed by atoms with Crippen molar-refractivity contribution in [2.75, 3.05) is 24.5 Å². The van der Waals surface area contributed by atoms with Crippen LogP contribution in [-0.2, 0) is 7.05 Å². The Morgan fingerprint density at radius 2 is 2.20 bits per heavy atom. The van der Waals surface area contributed by atoms with E-state index in [0.717, 1.165) is 33.5 Å². The number of aryl methyl sites for hydroxylation is 1. The normalized spacial score (nSPS) is 18.1. The van der Waals surface area contributed by atoms with Crippen LogP contribution in [0.15, 0.2) is 30.6 Å². The molecule has 130 valence electrons. The summed E-state index contributed by atoms with van der Waals surface area (Å²) in [6.45, 7) is 4.28. The van der Waals surface area contributed by atoms with Crippen LogP contribution in [0.4, 0.5) is 5.13 Å². The van der Waals surface area contributed by atoms with E-state index in [1.807, 2.05) is 30.1 Å². The number of piperazine rings is 1. The van der Waals surface area contributed by atoms with Crippen molar-refractivity contribution in [1.82, 2.24) is 19.7 Å². The second-order valence-electron chi connectivity index (χ2n) is 6.30. The number of hydrogen-bond donors (Lipinski definition) is 0. The van der Waals surface area contributed by atoms with Gasteiger partial charge < -0.3 is 9.80 Å². The van der Waals surface area contributed by atoms with E-state index in [2.05, 4.69) is 16.9 Å². The van der Waals surface area contributed by atoms with E-state index in [-0.39, 0.29) is 11.9 Å². The minimum absolute atomic E-state index is 0.0383. The van der Waals surface area contributed by atoms with Gasteiger partial charge >= 0.3 is 0 Å². The van der Waals surface area contributed by atoms with Crippen molar-refractivity contribution in [2.45, 2.75) is 13.0 Å². The van der Waals surface area contributed by atoms with Crippen LogP contribution < -0.4 is 4.90 Å². The Kier molecular flexibility index (Phi) is 4.13. The standard InChI is InChI=1S/C17H18ClN5OS/c1-11-9-22(17-20-14-4-3-13(18)7-15(14)25-17)5-6-23(11)16(24)12-8-19-21(2)10-12/h3-4,7-8,10-11H,5-6,9H2,1-2H3. The molecule has 25 heavy (non-hydrogen) atoms. The highest BCUT2D eigenvalue weighted by atomic mass is 35.5. The number of nitrogens with zero attached hydrogens (tertiary/aromatic N) is 5. The zero-order chi connectivity index (χ0) is 17.6. The van der Waals surface area contributed by atoms with Crippen molar-refractivity contribution in [3.8, 4) is 0 Å². The summed E-state index contributed by atoms with van der Waals surface area (Å²) in [6, 6.07) is 5.87. The number of benzene rings is 1. The van der Waals surface area contributed by atoms with Gasteiger partial charge in [-0.2, -0.15) is 5.10 Å². The zero-order valence-corrected chi connectivity index (χ0v) is 15.6. The molecule has 0 spiro atoms. The van der Waals surface area contributed by atoms with Crippen LogP contribution in [0.5, 0.6) is 0 Å². The summed E-state index contributed by atoms with van der Waals surface area (Å²) in [6.07, 6.45) is 3.39. The smallest absolute Gasteiger partial charge is 0.257 e. The van der Waals surface area contributed by atoms with Crippen LogP contribution >= 0.6 is 22.9 Å². The molecule has 1 atom stereocenters. The average molecular weight is 376 g/mol. The summed E-state index contributed by atoms with van der Waals surface area (Å²) in [7, 11) is 1.82. The first kappa shape index (κ1) is 16.4. The maximum Gasteiger partial charge on any atom is 0.257 e. The Balaban J connectivity index is 1.51. The molecular weight excluding hydrogens is 358 g/mol. The third-order valence-electron chi connectivity index (χ3n) is 4.45. The Bertz CT molecular complexity index is 936. The highest BCUT2D eigenvalue weighted by Gasteiger charge is 2.30. The van der Waals surface area contributed by atoms with Crippen LogP contribution in [0.25, 0.3) is 10.2 Å². The van der Waals surface area contributed by atoms with Gasteiger partial charge in [-0.1, -0.05) is 22.9 Å². The van der Waals surface area contributed by atoms with Gasteiger partial charge in [0.2, 0.25) is 0 Å². The van der Waals surface area contributed by atoms with Crippen molar-refractivity contribution in [1.29, 1.82) is 0 Å². The number of carbonyl (C=O) groups excluding carboxylic acids is 1. The third-order valence-corrected chi connectivity index (χ3v) is 5.76. The van der Waals surface area contributed by atoms with Gasteiger partial charge in [0.05, 0.1) is 22.0 Å². The molecule has 1 saturated heterocycles. The summed E-state index contributed by atoms with van der Waals surface area (Å²) in [4.78, 5) is 21.5. The molecule has 0 radical (unpaired) electrons. The lowest BCUT2D eigenvalue weighted by Gasteiger charge is -2.39. The van der Waals surface area contributed by atoms with Crippen LogP contribution in [-0.4, -0.2) is 51.2 Å². The average Bonchev–Trinajstić information content (AvgIpc) is 3.20. The summed E-state index contributed by atoms with van der Waals surface area (Å²) in [5.41, 5.74) is 1.60. The fourth-order valence-corrected chi connectivity index (χ4v) is 4.43. The lowest BCUT2D eigenvalue weighted by molar-refractivity contribution is 0.0674. The fourth-order valence-electron chi connectivity index (χ4n) is 3.15. The number of amides is 1. The predicted octanol–water partition coefficient (Wildman–Crippen LogP) is 3.03. The Morgan fingerprint density at radius 1 is 1.36 bits per heavy atom. The van der Waals surface area contributed by atoms with Crippen LogP contribution in [0, 0.1) is 0 Å². The monoisotopic (exact) mass is 375 g/mol. The molecule has 0 saturated carbocycles. The Hall–Kier alpha value is -2.12. The van der Waals surface area contributed by atoms with Crippen molar-refractivity contribution >= 4 is 44.2 Å². The molecule has 8 heteroatoms. The van der Waals surface area contributed by atoms with Crippen molar-refractivity contribution in [2.24, 2.45) is 7.05 Å². The molecule has 1 aliphatic heterocycles. The molecule has 1 amide bonds. The molecule has 6 nitrogen and oxygen atoms in total. The van der Waals surface area contributed by atoms with E-state index in [4.69, 9.17) is 16.6 Å². The quantitative estimate of drug-likeness (QED) is 0.690. The predicted molar refractivity (Wildman–Crippen MR) is 101 cm³/mol. The first-order valence-electron chi connectivity index (χ1n) is 8.12. The molecule has 3 aromatic rings. The Morgan fingerprint density at radius 3 is 2.92 bits per heavy atom. The maximum absolute atomic E-state index is 12.7. The van der Waals surface area contributed by atoms with Crippen molar-refractivity contribution < 1.29 is 4.79 Å². The van der Waals surface area contributed by atoms with Gasteiger partial charge in [0, 0.05) is 43.9 Å². The van der Waals surface area contributed by atoms with Crippen LogP contribution in [0.3, 0.4) is 0 Å². The number of carbonyl (C=O) groups is 1. The van der Waals surface area contributed by atoms with Gasteiger partial charge in [-0.25, -0.2) is 4.98 Å². The number of rotatable bonds is 2. The molecule has 3 heterocycles. The second kappa shape index (κ2) is 6.31. The number of halogens is 1. The van der Waals surface area contributed by atoms with Gasteiger partial charge in [-0.05, 0) is 25.1 Å². The van der Waals surface area contributed by atoms with Gasteiger partial charge in [0.25, 0.3) is 5.91 Å². The third kappa shape index (κ3) is 3.09. The summed E-state index contributed by atoms with van der Waals surface area (Å²) in [5, 5.41) is 5.80. The lowest BCUT2D eigenvalue weighted by Crippen LogP contribution is -2.54. The highest BCUT2D eigenvalue weighted by molar-refractivity contribution is 7.22. The first-order chi connectivity index (χ1) is 12.0. The topological polar surface area (TPSA) is 54.3 Å². The zero-order valence-electron chi connectivity index (χ0n) is 14.0. The number of thiazole rings is 1. The van der Waals surface area contributed by atoms with E-state index in [1.165, 1.54) is 0 Å². The number of aromatic nitrogens is 3. The minimum Gasteiger partial charge on any atom is -0.344 e. The number of hydrogen-bond acceptors (Lipinski definition) is 5. The molecule has 0 aliphatic carbocycles. The van der Waals surface area contributed by atoms with Gasteiger partial charge in [-0.15, -0.1) is 0 Å². The molecular formula is C17H18ClN5OS. The summed E-state index contributed by atoms with van der Waals surface area (Å²) in [5.74, 6) is 0.0383. The minimum atomic E-state index is 0.0383. The molecule has 1 aliphatic rings. The number of fused-ring (bicyclic) bond motifs is 1. The highest BCUT2D eigenvalue weighted by Crippen LogP contribution is 2.32. The largest absolute Gasteiger partial charge is 0.344 e. The molecule has 2 aromatic heterocycles. The maximum atomic E-state index is 12.7. The molecule has 1 unspecified atom stereocenters. The molecule has 1 fully saturated rings. The van der Waals surface area contributed by atoms with E-state index in [0.29, 0.717) is 12.1 Å². The van der Waals surface area contributed by atoms with E-state index in [9.17, 15) is 4.79 Å². The van der Waals surface area contributed by atoms with Gasteiger partial charge in [0.1, 0.15) is 0 Å². The van der Waals surface area contributed by atoms with Crippen LogP contribution in [0.1, 0.15) is 17.3 Å². The fraction of sp³-hybridized carbons (Fsp3) is 0.353. The van der Waals surface area contributed by atoms with Crippen molar-refractivity contribution in [3.63, 3.8) is 0 Å². The van der Waals surface area contributed by atoms with Crippen molar-refractivity contribution in [3.05, 3.63) is 41.2 Å². The summed E-state index contributed by atoms with van der Waals surface area (Å²) < 4.78 is 2.74. The number of anilines is 1. The lowest BCUT2D eigenvalue weighted by atomic mass is 10.1. The second-order valence-corrected chi connectivity index (χ2v) is 7.75. The van der Waals surface area contributed by atoms with Crippen LogP contribution in [0.2, 0.25) is 5.02 Å². The van der Waals surface area contributed by atoms with E-state index in [1.54, 1.807) is 28.4 Å². The van der Waals surface area contributed by atoms with E-state index >= 15 is 0 Å². The molecule has 0 bridgehead atoms. The Labute approximate surface area is 154 Å². The van der Waals surface area contributed by atoms with Gasteiger partial charge in [0.15, 0.2) is 5.13 Å². The summed E-state index contributed by atoms with van der Waals surface area (Å²) >= 11 is 7.71. The molecule has 0 N–H and O–H groups in total.